The third kappa shape index (κ3) is 4.32. The van der Waals surface area contributed by atoms with Gasteiger partial charge in [-0.15, -0.1) is 0 Å². The molecule has 1 atom stereocenters. The van der Waals surface area contributed by atoms with Crippen LogP contribution in [0.15, 0.2) is 18.3 Å². The summed E-state index contributed by atoms with van der Waals surface area (Å²) in [6.45, 7) is 2.98. The molecule has 126 valence electrons. The Kier molecular flexibility index (Phi) is 4.67. The molecule has 23 heavy (non-hydrogen) atoms. The number of ether oxygens (including phenoxy) is 1. The van der Waals surface area contributed by atoms with E-state index >= 15 is 0 Å². The van der Waals surface area contributed by atoms with Gasteiger partial charge in [-0.05, 0) is 18.6 Å². The molecule has 2 saturated heterocycles. The largest absolute Gasteiger partial charge is 0.378 e. The summed E-state index contributed by atoms with van der Waals surface area (Å²) in [6, 6.07) is 2.90. The molecule has 2 aliphatic rings. The third-order valence-corrected chi connectivity index (χ3v) is 5.68. The second kappa shape index (κ2) is 6.71. The van der Waals surface area contributed by atoms with Gasteiger partial charge in [0.2, 0.25) is 0 Å². The first-order valence-electron chi connectivity index (χ1n) is 7.58. The van der Waals surface area contributed by atoms with Crippen molar-refractivity contribution < 1.29 is 17.9 Å². The minimum Gasteiger partial charge on any atom is -0.378 e. The van der Waals surface area contributed by atoms with Crippen LogP contribution in [0.3, 0.4) is 0 Å². The molecule has 8 nitrogen and oxygen atoms in total. The van der Waals surface area contributed by atoms with Crippen LogP contribution < -0.4 is 15.5 Å². The fourth-order valence-corrected chi connectivity index (χ4v) is 4.37. The Morgan fingerprint density at radius 3 is 2.70 bits per heavy atom. The minimum atomic E-state index is -3.00. The molecule has 2 aliphatic heterocycles. The summed E-state index contributed by atoms with van der Waals surface area (Å²) in [5.74, 6) is 0.990. The standard InChI is InChI=1S/C14H20N4O4S/c19-14(17-12-3-8-23(20,21)10-12)16-11-1-2-13(15-9-11)18-4-6-22-7-5-18/h1-2,9,12H,3-8,10H2,(H2,16,17,19). The van der Waals surface area contributed by atoms with Crippen molar-refractivity contribution in [3.05, 3.63) is 18.3 Å². The van der Waals surface area contributed by atoms with Crippen molar-refractivity contribution >= 4 is 27.4 Å². The number of anilines is 2. The lowest BCUT2D eigenvalue weighted by Crippen LogP contribution is -2.38. The molecule has 0 bridgehead atoms. The van der Waals surface area contributed by atoms with Gasteiger partial charge in [0.25, 0.3) is 0 Å². The van der Waals surface area contributed by atoms with Crippen LogP contribution in [0.5, 0.6) is 0 Å². The zero-order valence-corrected chi connectivity index (χ0v) is 13.5. The molecule has 2 amide bonds. The van der Waals surface area contributed by atoms with E-state index in [-0.39, 0.29) is 17.5 Å². The van der Waals surface area contributed by atoms with Gasteiger partial charge in [0.15, 0.2) is 9.84 Å². The number of nitrogens with one attached hydrogen (secondary N) is 2. The van der Waals surface area contributed by atoms with Crippen molar-refractivity contribution in [2.75, 3.05) is 48.0 Å². The molecular weight excluding hydrogens is 320 g/mol. The van der Waals surface area contributed by atoms with E-state index in [2.05, 4.69) is 20.5 Å². The van der Waals surface area contributed by atoms with E-state index in [1.807, 2.05) is 6.07 Å². The number of morpholine rings is 1. The molecule has 1 unspecified atom stereocenters. The van der Waals surface area contributed by atoms with Crippen LogP contribution >= 0.6 is 0 Å². The zero-order chi connectivity index (χ0) is 16.3. The van der Waals surface area contributed by atoms with Gasteiger partial charge in [0.1, 0.15) is 5.82 Å². The molecule has 0 spiro atoms. The van der Waals surface area contributed by atoms with Crippen LogP contribution in [0.2, 0.25) is 0 Å². The van der Waals surface area contributed by atoms with Gasteiger partial charge >= 0.3 is 6.03 Å². The van der Waals surface area contributed by atoms with Gasteiger partial charge in [-0.3, -0.25) is 0 Å². The van der Waals surface area contributed by atoms with Crippen LogP contribution in [-0.4, -0.2) is 63.3 Å². The van der Waals surface area contributed by atoms with Crippen LogP contribution in [-0.2, 0) is 14.6 Å². The minimum absolute atomic E-state index is 0.00857. The second-order valence-corrected chi connectivity index (χ2v) is 7.93. The van der Waals surface area contributed by atoms with Gasteiger partial charge in [-0.2, -0.15) is 0 Å². The lowest BCUT2D eigenvalue weighted by molar-refractivity contribution is 0.122. The van der Waals surface area contributed by atoms with Gasteiger partial charge in [0.05, 0.1) is 36.6 Å². The highest BCUT2D eigenvalue weighted by molar-refractivity contribution is 7.91. The monoisotopic (exact) mass is 340 g/mol. The number of urea groups is 1. The Labute approximate surface area is 135 Å². The highest BCUT2D eigenvalue weighted by Crippen LogP contribution is 2.16. The molecule has 3 rings (SSSR count). The van der Waals surface area contributed by atoms with E-state index in [9.17, 15) is 13.2 Å². The molecule has 0 aliphatic carbocycles. The van der Waals surface area contributed by atoms with Gasteiger partial charge in [0, 0.05) is 19.1 Å². The number of nitrogens with zero attached hydrogens (tertiary/aromatic N) is 2. The number of aromatic nitrogens is 1. The summed E-state index contributed by atoms with van der Waals surface area (Å²) in [7, 11) is -3.00. The van der Waals surface area contributed by atoms with E-state index in [0.717, 1.165) is 18.9 Å². The van der Waals surface area contributed by atoms with Crippen molar-refractivity contribution in [3.8, 4) is 0 Å². The third-order valence-electron chi connectivity index (χ3n) is 3.91. The first-order valence-corrected chi connectivity index (χ1v) is 9.41. The number of rotatable bonds is 3. The molecule has 1 aromatic heterocycles. The number of sulfone groups is 1. The molecule has 2 fully saturated rings. The number of hydrogen-bond acceptors (Lipinski definition) is 6. The second-order valence-electron chi connectivity index (χ2n) is 5.70. The SMILES string of the molecule is O=C(Nc1ccc(N2CCOCC2)nc1)NC1CCS(=O)(=O)C1. The summed E-state index contributed by atoms with van der Waals surface area (Å²) in [5, 5.41) is 5.35. The summed E-state index contributed by atoms with van der Waals surface area (Å²) in [5.41, 5.74) is 0.570. The van der Waals surface area contributed by atoms with Gasteiger partial charge < -0.3 is 20.3 Å². The van der Waals surface area contributed by atoms with E-state index in [1.54, 1.807) is 12.3 Å². The maximum atomic E-state index is 11.9. The van der Waals surface area contributed by atoms with E-state index in [4.69, 9.17) is 4.74 Å². The summed E-state index contributed by atoms with van der Waals surface area (Å²) in [4.78, 5) is 18.4. The Morgan fingerprint density at radius 1 is 1.30 bits per heavy atom. The zero-order valence-electron chi connectivity index (χ0n) is 12.7. The maximum Gasteiger partial charge on any atom is 0.319 e. The summed E-state index contributed by atoms with van der Waals surface area (Å²) in [6.07, 6.45) is 2.06. The summed E-state index contributed by atoms with van der Waals surface area (Å²) < 4.78 is 28.0. The van der Waals surface area contributed by atoms with E-state index in [0.29, 0.717) is 25.3 Å². The van der Waals surface area contributed by atoms with Crippen molar-refractivity contribution in [1.82, 2.24) is 10.3 Å². The molecule has 0 aromatic carbocycles. The van der Waals surface area contributed by atoms with Crippen LogP contribution in [0, 0.1) is 0 Å². The number of pyridine rings is 1. The number of carbonyl (C=O) groups is 1. The molecule has 1 aromatic rings. The maximum absolute atomic E-state index is 11.9. The number of carbonyl (C=O) groups excluding carboxylic acids is 1. The molecule has 3 heterocycles. The van der Waals surface area contributed by atoms with E-state index < -0.39 is 15.9 Å². The fourth-order valence-electron chi connectivity index (χ4n) is 2.70. The van der Waals surface area contributed by atoms with Gasteiger partial charge in [-0.25, -0.2) is 18.2 Å². The average molecular weight is 340 g/mol. The normalized spacial score (nSPS) is 23.5. The van der Waals surface area contributed by atoms with Crippen LogP contribution in [0.4, 0.5) is 16.3 Å². The average Bonchev–Trinajstić information content (AvgIpc) is 2.87. The highest BCUT2D eigenvalue weighted by atomic mass is 32.2. The van der Waals surface area contributed by atoms with Crippen molar-refractivity contribution in [2.24, 2.45) is 0 Å². The quantitative estimate of drug-likeness (QED) is 0.817. The lowest BCUT2D eigenvalue weighted by atomic mass is 10.3. The smallest absolute Gasteiger partial charge is 0.319 e. The molecule has 0 saturated carbocycles. The van der Waals surface area contributed by atoms with Crippen molar-refractivity contribution in [2.45, 2.75) is 12.5 Å². The Hall–Kier alpha value is -1.87. The predicted octanol–water partition coefficient (Wildman–Crippen LogP) is 0.227. The summed E-state index contributed by atoms with van der Waals surface area (Å²) >= 11 is 0. The highest BCUT2D eigenvalue weighted by Gasteiger charge is 2.28. The van der Waals surface area contributed by atoms with Crippen LogP contribution in [0.25, 0.3) is 0 Å². The fraction of sp³-hybridized carbons (Fsp3) is 0.571. The van der Waals surface area contributed by atoms with Crippen molar-refractivity contribution in [3.63, 3.8) is 0 Å². The molecule has 9 heteroatoms. The van der Waals surface area contributed by atoms with Crippen LogP contribution in [0.1, 0.15) is 6.42 Å². The Morgan fingerprint density at radius 2 is 2.09 bits per heavy atom. The lowest BCUT2D eigenvalue weighted by Gasteiger charge is -2.27. The predicted molar refractivity (Wildman–Crippen MR) is 86.5 cm³/mol. The first kappa shape index (κ1) is 16.0. The molecular formula is C14H20N4O4S. The van der Waals surface area contributed by atoms with E-state index in [1.165, 1.54) is 0 Å². The Bertz CT molecular complexity index is 656. The topological polar surface area (TPSA) is 101 Å². The van der Waals surface area contributed by atoms with Gasteiger partial charge in [-0.1, -0.05) is 0 Å². The molecule has 2 N–H and O–H groups in total. The van der Waals surface area contributed by atoms with Crippen molar-refractivity contribution in [1.29, 1.82) is 0 Å². The number of hydrogen-bond donors (Lipinski definition) is 2. The Balaban J connectivity index is 1.52. The first-order chi connectivity index (χ1) is 11.0. The molecule has 0 radical (unpaired) electrons. The number of amides is 2.